The molecule has 0 aromatic heterocycles. The first-order valence-electron chi connectivity index (χ1n) is 9.04. The fourth-order valence-corrected chi connectivity index (χ4v) is 2.68. The number of hydrogen-bond donors (Lipinski definition) is 3. The number of para-hydroxylation sites is 1. The van der Waals surface area contributed by atoms with Gasteiger partial charge in [0.2, 0.25) is 5.91 Å². The first-order valence-corrected chi connectivity index (χ1v) is 9.04. The summed E-state index contributed by atoms with van der Waals surface area (Å²) in [6, 6.07) is 13.0. The number of aryl methyl sites for hydroxylation is 2. The highest BCUT2D eigenvalue weighted by atomic mass is 16.5. The third-order valence-corrected chi connectivity index (χ3v) is 4.20. The van der Waals surface area contributed by atoms with E-state index in [1.54, 1.807) is 31.4 Å². The molecule has 0 bridgehead atoms. The summed E-state index contributed by atoms with van der Waals surface area (Å²) < 4.78 is 4.90. The second kappa shape index (κ2) is 10.3. The minimum atomic E-state index is -0.150. The van der Waals surface area contributed by atoms with Gasteiger partial charge in [-0.25, -0.2) is 0 Å². The molecule has 0 aliphatic carbocycles. The lowest BCUT2D eigenvalue weighted by Crippen LogP contribution is -2.27. The Morgan fingerprint density at radius 2 is 1.81 bits per heavy atom. The summed E-state index contributed by atoms with van der Waals surface area (Å²) in [6.45, 7) is 5.14. The molecule has 144 valence electrons. The van der Waals surface area contributed by atoms with Gasteiger partial charge in [0.15, 0.2) is 0 Å². The Hall–Kier alpha value is -2.86. The summed E-state index contributed by atoms with van der Waals surface area (Å²) in [4.78, 5) is 24.2. The van der Waals surface area contributed by atoms with Crippen molar-refractivity contribution in [2.45, 2.75) is 20.3 Å². The summed E-state index contributed by atoms with van der Waals surface area (Å²) in [5.74, 6) is -0.261. The van der Waals surface area contributed by atoms with Crippen LogP contribution >= 0.6 is 0 Å². The largest absolute Gasteiger partial charge is 0.383 e. The molecule has 0 atom stereocenters. The second-order valence-corrected chi connectivity index (χ2v) is 6.19. The standard InChI is InChI=1S/C21H27N3O3/c1-4-16-7-5-6-15(2)20(16)24-19(25)14-23-18-10-8-17(9-11-18)21(26)22-12-13-27-3/h5-11,23H,4,12-14H2,1-3H3,(H,22,26)(H,24,25). The maximum atomic E-state index is 12.3. The van der Waals surface area contributed by atoms with E-state index in [2.05, 4.69) is 22.9 Å². The Kier molecular flexibility index (Phi) is 7.82. The van der Waals surface area contributed by atoms with E-state index in [9.17, 15) is 9.59 Å². The molecule has 0 saturated heterocycles. The van der Waals surface area contributed by atoms with Crippen LogP contribution in [0, 0.1) is 6.92 Å². The molecule has 0 heterocycles. The van der Waals surface area contributed by atoms with E-state index < -0.39 is 0 Å². The molecular weight excluding hydrogens is 342 g/mol. The van der Waals surface area contributed by atoms with Crippen molar-refractivity contribution in [3.05, 3.63) is 59.2 Å². The van der Waals surface area contributed by atoms with Crippen LogP contribution in [-0.2, 0) is 16.0 Å². The number of anilines is 2. The molecule has 0 saturated carbocycles. The van der Waals surface area contributed by atoms with Gasteiger partial charge in [0.1, 0.15) is 0 Å². The van der Waals surface area contributed by atoms with Gasteiger partial charge in [0.25, 0.3) is 5.91 Å². The van der Waals surface area contributed by atoms with Crippen LogP contribution in [0.2, 0.25) is 0 Å². The summed E-state index contributed by atoms with van der Waals surface area (Å²) in [7, 11) is 1.59. The average molecular weight is 369 g/mol. The summed E-state index contributed by atoms with van der Waals surface area (Å²) >= 11 is 0. The predicted molar refractivity (Wildman–Crippen MR) is 108 cm³/mol. The fourth-order valence-electron chi connectivity index (χ4n) is 2.68. The highest BCUT2D eigenvalue weighted by Gasteiger charge is 2.09. The van der Waals surface area contributed by atoms with Gasteiger partial charge in [-0.1, -0.05) is 25.1 Å². The monoisotopic (exact) mass is 369 g/mol. The number of methoxy groups -OCH3 is 1. The second-order valence-electron chi connectivity index (χ2n) is 6.19. The Balaban J connectivity index is 1.88. The van der Waals surface area contributed by atoms with Crippen LogP contribution < -0.4 is 16.0 Å². The molecular formula is C21H27N3O3. The summed E-state index contributed by atoms with van der Waals surface area (Å²) in [5.41, 5.74) is 4.39. The van der Waals surface area contributed by atoms with E-state index in [1.165, 1.54) is 0 Å². The average Bonchev–Trinajstić information content (AvgIpc) is 2.68. The van der Waals surface area contributed by atoms with E-state index in [0.717, 1.165) is 28.9 Å². The lowest BCUT2D eigenvalue weighted by molar-refractivity contribution is -0.114. The Labute approximate surface area is 160 Å². The molecule has 0 aliphatic heterocycles. The maximum Gasteiger partial charge on any atom is 0.251 e. The molecule has 6 heteroatoms. The molecule has 0 fully saturated rings. The third kappa shape index (κ3) is 6.11. The summed E-state index contributed by atoms with van der Waals surface area (Å²) in [5, 5.41) is 8.82. The SMILES string of the molecule is CCc1cccc(C)c1NC(=O)CNc1ccc(C(=O)NCCOC)cc1. The first-order chi connectivity index (χ1) is 13.0. The van der Waals surface area contributed by atoms with Crippen molar-refractivity contribution in [2.24, 2.45) is 0 Å². The molecule has 0 radical (unpaired) electrons. The molecule has 0 unspecified atom stereocenters. The molecule has 6 nitrogen and oxygen atoms in total. The van der Waals surface area contributed by atoms with Crippen molar-refractivity contribution in [1.82, 2.24) is 5.32 Å². The first kappa shape index (κ1) is 20.5. The Morgan fingerprint density at radius 3 is 2.48 bits per heavy atom. The van der Waals surface area contributed by atoms with Crippen LogP contribution in [0.1, 0.15) is 28.4 Å². The molecule has 3 N–H and O–H groups in total. The van der Waals surface area contributed by atoms with Crippen LogP contribution in [0.5, 0.6) is 0 Å². The van der Waals surface area contributed by atoms with E-state index in [1.807, 2.05) is 25.1 Å². The number of hydrogen-bond acceptors (Lipinski definition) is 4. The van der Waals surface area contributed by atoms with Crippen molar-refractivity contribution >= 4 is 23.2 Å². The number of ether oxygens (including phenoxy) is 1. The highest BCUT2D eigenvalue weighted by molar-refractivity contribution is 5.96. The number of rotatable bonds is 9. The number of amides is 2. The van der Waals surface area contributed by atoms with Crippen LogP contribution in [0.4, 0.5) is 11.4 Å². The van der Waals surface area contributed by atoms with Crippen LogP contribution in [0.3, 0.4) is 0 Å². The minimum absolute atomic E-state index is 0.111. The molecule has 0 spiro atoms. The van der Waals surface area contributed by atoms with Crippen LogP contribution in [-0.4, -0.2) is 38.6 Å². The van der Waals surface area contributed by atoms with Crippen molar-refractivity contribution < 1.29 is 14.3 Å². The van der Waals surface area contributed by atoms with Crippen LogP contribution in [0.25, 0.3) is 0 Å². The van der Waals surface area contributed by atoms with E-state index in [4.69, 9.17) is 4.74 Å². The van der Waals surface area contributed by atoms with E-state index >= 15 is 0 Å². The molecule has 2 aromatic carbocycles. The van der Waals surface area contributed by atoms with Crippen LogP contribution in [0.15, 0.2) is 42.5 Å². The molecule has 2 aromatic rings. The van der Waals surface area contributed by atoms with Gasteiger partial charge in [0.05, 0.1) is 13.2 Å². The molecule has 2 amide bonds. The quantitative estimate of drug-likeness (QED) is 0.594. The number of carbonyl (C=O) groups is 2. The van der Waals surface area contributed by atoms with Gasteiger partial charge >= 0.3 is 0 Å². The van der Waals surface area contributed by atoms with E-state index in [-0.39, 0.29) is 18.4 Å². The van der Waals surface area contributed by atoms with Gasteiger partial charge in [0, 0.05) is 30.6 Å². The lowest BCUT2D eigenvalue weighted by atomic mass is 10.1. The van der Waals surface area contributed by atoms with Gasteiger partial charge in [-0.2, -0.15) is 0 Å². The zero-order chi connectivity index (χ0) is 19.6. The third-order valence-electron chi connectivity index (χ3n) is 4.20. The smallest absolute Gasteiger partial charge is 0.251 e. The molecule has 0 aliphatic rings. The van der Waals surface area contributed by atoms with Crippen molar-refractivity contribution in [1.29, 1.82) is 0 Å². The normalized spacial score (nSPS) is 10.3. The Bertz CT molecular complexity index is 773. The Morgan fingerprint density at radius 1 is 1.07 bits per heavy atom. The fraction of sp³-hybridized carbons (Fsp3) is 0.333. The van der Waals surface area contributed by atoms with E-state index in [0.29, 0.717) is 18.7 Å². The minimum Gasteiger partial charge on any atom is -0.383 e. The molecule has 27 heavy (non-hydrogen) atoms. The van der Waals surface area contributed by atoms with Gasteiger partial charge < -0.3 is 20.7 Å². The maximum absolute atomic E-state index is 12.3. The number of carbonyl (C=O) groups excluding carboxylic acids is 2. The van der Waals surface area contributed by atoms with Gasteiger partial charge in [-0.3, -0.25) is 9.59 Å². The zero-order valence-electron chi connectivity index (χ0n) is 16.1. The zero-order valence-corrected chi connectivity index (χ0v) is 16.1. The van der Waals surface area contributed by atoms with Crippen molar-refractivity contribution in [2.75, 3.05) is 37.4 Å². The summed E-state index contributed by atoms with van der Waals surface area (Å²) in [6.07, 6.45) is 0.860. The topological polar surface area (TPSA) is 79.5 Å². The van der Waals surface area contributed by atoms with Crippen molar-refractivity contribution in [3.8, 4) is 0 Å². The number of nitrogens with one attached hydrogen (secondary N) is 3. The van der Waals surface area contributed by atoms with Gasteiger partial charge in [-0.15, -0.1) is 0 Å². The molecule has 2 rings (SSSR count). The lowest BCUT2D eigenvalue weighted by Gasteiger charge is -2.14. The number of benzene rings is 2. The predicted octanol–water partition coefficient (Wildman–Crippen LogP) is 2.98. The highest BCUT2D eigenvalue weighted by Crippen LogP contribution is 2.21. The van der Waals surface area contributed by atoms with Gasteiger partial charge in [-0.05, 0) is 48.7 Å². The van der Waals surface area contributed by atoms with Crippen molar-refractivity contribution in [3.63, 3.8) is 0 Å².